The quantitative estimate of drug-likeness (QED) is 0.741. The van der Waals surface area contributed by atoms with Crippen LogP contribution in [0, 0.1) is 5.92 Å². The lowest BCUT2D eigenvalue weighted by molar-refractivity contribution is -0.119. The van der Waals surface area contributed by atoms with Crippen molar-refractivity contribution in [2.45, 2.75) is 26.8 Å². The van der Waals surface area contributed by atoms with Gasteiger partial charge in [-0.15, -0.1) is 0 Å². The number of nitrogens with zero attached hydrogens (tertiary/aromatic N) is 2. The highest BCUT2D eigenvalue weighted by molar-refractivity contribution is 9.10. The summed E-state index contributed by atoms with van der Waals surface area (Å²) in [6, 6.07) is -0.467. The van der Waals surface area contributed by atoms with Gasteiger partial charge in [0, 0.05) is 12.7 Å². The van der Waals surface area contributed by atoms with E-state index in [0.29, 0.717) is 16.2 Å². The van der Waals surface area contributed by atoms with Crippen LogP contribution in [0.15, 0.2) is 10.7 Å². The third-order valence-corrected chi connectivity index (χ3v) is 2.92. The van der Waals surface area contributed by atoms with Crippen molar-refractivity contribution in [2.75, 3.05) is 17.2 Å². The summed E-state index contributed by atoms with van der Waals surface area (Å²) in [6.07, 6.45) is 1.63. The van der Waals surface area contributed by atoms with Gasteiger partial charge in [-0.05, 0) is 28.8 Å². The van der Waals surface area contributed by atoms with E-state index in [9.17, 15) is 4.79 Å². The molecule has 0 aliphatic carbocycles. The first-order valence-corrected chi connectivity index (χ1v) is 6.57. The maximum absolute atomic E-state index is 11.4. The molecular weight excluding hydrogens is 298 g/mol. The summed E-state index contributed by atoms with van der Waals surface area (Å²) in [6.45, 7) is 6.52. The molecule has 0 bridgehead atoms. The van der Waals surface area contributed by atoms with E-state index in [1.54, 1.807) is 6.20 Å². The molecule has 1 amide bonds. The fraction of sp³-hybridized carbons (Fsp3) is 0.545. The normalized spacial score (nSPS) is 12.3. The Morgan fingerprint density at radius 3 is 2.72 bits per heavy atom. The molecule has 0 aliphatic rings. The van der Waals surface area contributed by atoms with E-state index >= 15 is 0 Å². The van der Waals surface area contributed by atoms with Crippen LogP contribution < -0.4 is 16.4 Å². The van der Waals surface area contributed by atoms with Crippen molar-refractivity contribution in [1.29, 1.82) is 0 Å². The molecule has 7 heteroatoms. The predicted octanol–water partition coefficient (Wildman–Crippen LogP) is 1.59. The SMILES string of the molecule is CCNc1ncc(Br)c(NC(C(N)=O)C(C)C)n1. The third kappa shape index (κ3) is 3.83. The predicted molar refractivity (Wildman–Crippen MR) is 75.3 cm³/mol. The third-order valence-electron chi connectivity index (χ3n) is 2.34. The van der Waals surface area contributed by atoms with Crippen LogP contribution in [0.1, 0.15) is 20.8 Å². The number of halogens is 1. The van der Waals surface area contributed by atoms with E-state index in [-0.39, 0.29) is 5.92 Å². The van der Waals surface area contributed by atoms with Crippen LogP contribution in [0.2, 0.25) is 0 Å². The van der Waals surface area contributed by atoms with Gasteiger partial charge >= 0.3 is 0 Å². The molecule has 0 aliphatic heterocycles. The van der Waals surface area contributed by atoms with Gasteiger partial charge in [0.05, 0.1) is 4.47 Å². The monoisotopic (exact) mass is 315 g/mol. The van der Waals surface area contributed by atoms with Crippen molar-refractivity contribution in [2.24, 2.45) is 11.7 Å². The molecule has 100 valence electrons. The zero-order chi connectivity index (χ0) is 13.7. The summed E-state index contributed by atoms with van der Waals surface area (Å²) in [5, 5.41) is 6.04. The van der Waals surface area contributed by atoms with Crippen molar-refractivity contribution < 1.29 is 4.79 Å². The van der Waals surface area contributed by atoms with Crippen LogP contribution in [0.3, 0.4) is 0 Å². The van der Waals surface area contributed by atoms with E-state index in [1.165, 1.54) is 0 Å². The Morgan fingerprint density at radius 1 is 1.56 bits per heavy atom. The lowest BCUT2D eigenvalue weighted by atomic mass is 10.0. The number of hydrogen-bond acceptors (Lipinski definition) is 5. The highest BCUT2D eigenvalue weighted by atomic mass is 79.9. The van der Waals surface area contributed by atoms with Crippen LogP contribution in [0.25, 0.3) is 0 Å². The van der Waals surface area contributed by atoms with Gasteiger partial charge in [-0.1, -0.05) is 13.8 Å². The van der Waals surface area contributed by atoms with Crippen molar-refractivity contribution in [1.82, 2.24) is 9.97 Å². The Balaban J connectivity index is 2.94. The molecule has 0 fully saturated rings. The lowest BCUT2D eigenvalue weighted by Gasteiger charge is -2.20. The first-order valence-electron chi connectivity index (χ1n) is 5.78. The number of amides is 1. The largest absolute Gasteiger partial charge is 0.368 e. The first kappa shape index (κ1) is 14.7. The summed E-state index contributed by atoms with van der Waals surface area (Å²) < 4.78 is 0.691. The van der Waals surface area contributed by atoms with Gasteiger partial charge in [0.1, 0.15) is 11.9 Å². The van der Waals surface area contributed by atoms with Crippen LogP contribution in [-0.4, -0.2) is 28.5 Å². The Hall–Kier alpha value is -1.37. The van der Waals surface area contributed by atoms with Crippen molar-refractivity contribution in [3.63, 3.8) is 0 Å². The molecule has 18 heavy (non-hydrogen) atoms. The fourth-order valence-electron chi connectivity index (χ4n) is 1.43. The second kappa shape index (κ2) is 6.53. The summed E-state index contributed by atoms with van der Waals surface area (Å²) >= 11 is 3.34. The molecule has 1 aromatic heterocycles. The van der Waals surface area contributed by atoms with Crippen LogP contribution >= 0.6 is 15.9 Å². The Morgan fingerprint density at radius 2 is 2.22 bits per heavy atom. The zero-order valence-electron chi connectivity index (χ0n) is 10.7. The Bertz CT molecular complexity index is 424. The average Bonchev–Trinajstić information content (AvgIpc) is 2.29. The second-order valence-corrected chi connectivity index (χ2v) is 5.04. The number of nitrogens with two attached hydrogens (primary N) is 1. The number of rotatable bonds is 6. The molecule has 0 saturated heterocycles. The molecule has 1 aromatic rings. The standard InChI is InChI=1S/C11H18BrN5O/c1-4-14-11-15-5-7(12)10(17-11)16-8(6(2)3)9(13)18/h5-6,8H,4H2,1-3H3,(H2,13,18)(H2,14,15,16,17). The maximum atomic E-state index is 11.4. The molecule has 1 heterocycles. The van der Waals surface area contributed by atoms with E-state index in [1.807, 2.05) is 20.8 Å². The number of nitrogens with one attached hydrogen (secondary N) is 2. The van der Waals surface area contributed by atoms with Gasteiger partial charge in [0.2, 0.25) is 11.9 Å². The number of carbonyl (C=O) groups excluding carboxylic acids is 1. The van der Waals surface area contributed by atoms with E-state index in [4.69, 9.17) is 5.73 Å². The molecule has 1 rings (SSSR count). The smallest absolute Gasteiger partial charge is 0.240 e. The number of hydrogen-bond donors (Lipinski definition) is 3. The van der Waals surface area contributed by atoms with Crippen molar-refractivity contribution in [3.8, 4) is 0 Å². The Kier molecular flexibility index (Phi) is 5.33. The zero-order valence-corrected chi connectivity index (χ0v) is 12.3. The molecule has 4 N–H and O–H groups in total. The fourth-order valence-corrected chi connectivity index (χ4v) is 1.73. The van der Waals surface area contributed by atoms with Gasteiger partial charge in [0.15, 0.2) is 0 Å². The van der Waals surface area contributed by atoms with Gasteiger partial charge in [-0.2, -0.15) is 4.98 Å². The van der Waals surface area contributed by atoms with E-state index < -0.39 is 11.9 Å². The summed E-state index contributed by atoms with van der Waals surface area (Å²) in [7, 11) is 0. The number of carbonyl (C=O) groups is 1. The Labute approximate surface area is 115 Å². The van der Waals surface area contributed by atoms with E-state index in [2.05, 4.69) is 36.5 Å². The minimum atomic E-state index is -0.467. The molecule has 0 saturated carbocycles. The van der Waals surface area contributed by atoms with Gasteiger partial charge < -0.3 is 16.4 Å². The maximum Gasteiger partial charge on any atom is 0.240 e. The summed E-state index contributed by atoms with van der Waals surface area (Å²) in [4.78, 5) is 19.7. The van der Waals surface area contributed by atoms with Crippen LogP contribution in [-0.2, 0) is 4.79 Å². The van der Waals surface area contributed by atoms with Crippen molar-refractivity contribution >= 4 is 33.6 Å². The molecule has 6 nitrogen and oxygen atoms in total. The molecule has 1 unspecified atom stereocenters. The van der Waals surface area contributed by atoms with Crippen LogP contribution in [0.5, 0.6) is 0 Å². The molecule has 0 radical (unpaired) electrons. The van der Waals surface area contributed by atoms with Crippen molar-refractivity contribution in [3.05, 3.63) is 10.7 Å². The molecular formula is C11H18BrN5O. The first-order chi connectivity index (χ1) is 8.45. The van der Waals surface area contributed by atoms with Gasteiger partial charge in [0.25, 0.3) is 0 Å². The lowest BCUT2D eigenvalue weighted by Crippen LogP contribution is -2.39. The van der Waals surface area contributed by atoms with E-state index in [0.717, 1.165) is 6.54 Å². The summed E-state index contributed by atoms with van der Waals surface area (Å²) in [5.41, 5.74) is 5.36. The van der Waals surface area contributed by atoms with Gasteiger partial charge in [-0.25, -0.2) is 4.98 Å². The number of aromatic nitrogens is 2. The number of primary amides is 1. The molecule has 0 spiro atoms. The second-order valence-electron chi connectivity index (χ2n) is 4.19. The average molecular weight is 316 g/mol. The topological polar surface area (TPSA) is 92.9 Å². The molecule has 0 aromatic carbocycles. The summed E-state index contributed by atoms with van der Waals surface area (Å²) in [5.74, 6) is 0.737. The molecule has 1 atom stereocenters. The highest BCUT2D eigenvalue weighted by Gasteiger charge is 2.21. The van der Waals surface area contributed by atoms with Crippen LogP contribution in [0.4, 0.5) is 11.8 Å². The number of anilines is 2. The minimum absolute atomic E-state index is 0.0759. The minimum Gasteiger partial charge on any atom is -0.368 e. The van der Waals surface area contributed by atoms with Gasteiger partial charge in [-0.3, -0.25) is 4.79 Å². The highest BCUT2D eigenvalue weighted by Crippen LogP contribution is 2.22.